The van der Waals surface area contributed by atoms with Gasteiger partial charge in [-0.1, -0.05) is 11.6 Å². The van der Waals surface area contributed by atoms with Gasteiger partial charge in [-0.25, -0.2) is 13.6 Å². The summed E-state index contributed by atoms with van der Waals surface area (Å²) in [7, 11) is 1.36. The second kappa shape index (κ2) is 10.2. The number of rotatable bonds is 7. The fourth-order valence-corrected chi connectivity index (χ4v) is 3.52. The average Bonchev–Trinajstić information content (AvgIpc) is 3.67. The summed E-state index contributed by atoms with van der Waals surface area (Å²) in [5.41, 5.74) is 0.119. The highest BCUT2D eigenvalue weighted by Gasteiger charge is 2.26. The van der Waals surface area contributed by atoms with E-state index in [1.54, 1.807) is 0 Å². The first-order valence-electron chi connectivity index (χ1n) is 10.8. The van der Waals surface area contributed by atoms with E-state index < -0.39 is 40.4 Å². The van der Waals surface area contributed by atoms with E-state index in [-0.39, 0.29) is 34.2 Å². The molecular formula is C24H20ClF2N5O4. The highest BCUT2D eigenvalue weighted by Crippen LogP contribution is 2.39. The van der Waals surface area contributed by atoms with E-state index in [4.69, 9.17) is 26.3 Å². The second-order valence-corrected chi connectivity index (χ2v) is 8.42. The van der Waals surface area contributed by atoms with Crippen LogP contribution < -0.4 is 25.4 Å². The smallest absolute Gasteiger partial charge is 0.319 e. The zero-order valence-corrected chi connectivity index (χ0v) is 19.9. The largest absolute Gasteiger partial charge is 0.496 e. The molecule has 1 aliphatic carbocycles. The third kappa shape index (κ3) is 5.23. The quantitative estimate of drug-likeness (QED) is 0.385. The van der Waals surface area contributed by atoms with E-state index >= 15 is 4.39 Å². The topological polar surface area (TPSA) is 125 Å². The van der Waals surface area contributed by atoms with Gasteiger partial charge in [0.2, 0.25) is 0 Å². The average molecular weight is 516 g/mol. The molecule has 36 heavy (non-hydrogen) atoms. The molecule has 186 valence electrons. The van der Waals surface area contributed by atoms with E-state index in [9.17, 15) is 14.0 Å². The van der Waals surface area contributed by atoms with Crippen LogP contribution >= 0.6 is 11.6 Å². The van der Waals surface area contributed by atoms with Gasteiger partial charge in [0.15, 0.2) is 17.4 Å². The standard InChI is InChI=1S/C24H20ClF2N5O4/c1-11(10-28)30-23(33)14-7-13-16(9-19(14)35-2)29-6-5-18(13)36-22-15(26)8-17(20(25)21(22)27)32-24(34)31-12-3-4-12/h5-9,11-12H,3-4H2,1-2H3,(H,30,33)(H2,31,32,34). The number of fused-ring (bicyclic) bond motifs is 1. The minimum absolute atomic E-state index is 0.0221. The molecule has 0 spiro atoms. The van der Waals surface area contributed by atoms with Crippen molar-refractivity contribution in [2.24, 2.45) is 0 Å². The van der Waals surface area contributed by atoms with Gasteiger partial charge >= 0.3 is 6.03 Å². The summed E-state index contributed by atoms with van der Waals surface area (Å²) in [5.74, 6) is -3.59. The molecule has 0 aliphatic heterocycles. The Morgan fingerprint density at radius 3 is 2.67 bits per heavy atom. The van der Waals surface area contributed by atoms with Crippen molar-refractivity contribution in [3.8, 4) is 23.3 Å². The number of urea groups is 1. The predicted molar refractivity (Wildman–Crippen MR) is 127 cm³/mol. The lowest BCUT2D eigenvalue weighted by Crippen LogP contribution is -2.31. The summed E-state index contributed by atoms with van der Waals surface area (Å²) in [6, 6.07) is 5.58. The van der Waals surface area contributed by atoms with Crippen molar-refractivity contribution < 1.29 is 27.8 Å². The molecule has 1 fully saturated rings. The number of methoxy groups -OCH3 is 1. The number of ether oxygens (including phenoxy) is 2. The van der Waals surface area contributed by atoms with Crippen molar-refractivity contribution in [2.75, 3.05) is 12.4 Å². The number of carbonyl (C=O) groups is 2. The Bertz CT molecular complexity index is 1410. The van der Waals surface area contributed by atoms with Gasteiger partial charge < -0.3 is 25.4 Å². The van der Waals surface area contributed by atoms with E-state index in [0.29, 0.717) is 5.52 Å². The molecule has 3 N–H and O–H groups in total. The number of nitrogens with one attached hydrogen (secondary N) is 3. The Morgan fingerprint density at radius 1 is 1.25 bits per heavy atom. The van der Waals surface area contributed by atoms with Crippen LogP contribution in [0.2, 0.25) is 5.02 Å². The monoisotopic (exact) mass is 515 g/mol. The molecule has 1 atom stereocenters. The van der Waals surface area contributed by atoms with E-state index in [2.05, 4.69) is 20.9 Å². The number of benzene rings is 2. The predicted octanol–water partition coefficient (Wildman–Crippen LogP) is 4.89. The molecule has 1 aromatic heterocycles. The van der Waals surface area contributed by atoms with Gasteiger partial charge in [0.05, 0.1) is 29.9 Å². The Kier molecular flexibility index (Phi) is 7.07. The fraction of sp³-hybridized carbons (Fsp3) is 0.250. The van der Waals surface area contributed by atoms with Gasteiger partial charge in [-0.05, 0) is 31.9 Å². The van der Waals surface area contributed by atoms with Gasteiger partial charge in [0, 0.05) is 29.8 Å². The maximum absolute atomic E-state index is 15.0. The van der Waals surface area contributed by atoms with Crippen molar-refractivity contribution >= 4 is 40.1 Å². The van der Waals surface area contributed by atoms with Gasteiger partial charge in [-0.15, -0.1) is 0 Å². The molecule has 0 saturated heterocycles. The number of nitrogens with zero attached hydrogens (tertiary/aromatic N) is 2. The summed E-state index contributed by atoms with van der Waals surface area (Å²) in [5, 5.41) is 16.1. The van der Waals surface area contributed by atoms with Crippen LogP contribution in [0.3, 0.4) is 0 Å². The number of aromatic nitrogens is 1. The molecule has 1 aliphatic rings. The van der Waals surface area contributed by atoms with Gasteiger partial charge in [-0.2, -0.15) is 5.26 Å². The number of halogens is 3. The second-order valence-electron chi connectivity index (χ2n) is 8.04. The molecule has 3 aromatic rings. The van der Waals surface area contributed by atoms with Crippen LogP contribution in [0.25, 0.3) is 10.9 Å². The van der Waals surface area contributed by atoms with E-state index in [1.807, 2.05) is 6.07 Å². The van der Waals surface area contributed by atoms with Gasteiger partial charge in [0.25, 0.3) is 5.91 Å². The van der Waals surface area contributed by atoms with Crippen LogP contribution in [0.5, 0.6) is 17.2 Å². The number of hydrogen-bond acceptors (Lipinski definition) is 6. The first kappa shape index (κ1) is 24.9. The number of pyridine rings is 1. The van der Waals surface area contributed by atoms with Crippen molar-refractivity contribution in [2.45, 2.75) is 31.8 Å². The van der Waals surface area contributed by atoms with Crippen LogP contribution in [0.15, 0.2) is 30.5 Å². The summed E-state index contributed by atoms with van der Waals surface area (Å²) < 4.78 is 40.8. The minimum atomic E-state index is -1.22. The van der Waals surface area contributed by atoms with Crippen LogP contribution in [-0.2, 0) is 0 Å². The third-order valence-electron chi connectivity index (χ3n) is 5.30. The van der Waals surface area contributed by atoms with Crippen molar-refractivity contribution in [1.29, 1.82) is 5.26 Å². The molecule has 3 amide bonds. The maximum Gasteiger partial charge on any atom is 0.319 e. The molecule has 12 heteroatoms. The summed E-state index contributed by atoms with van der Waals surface area (Å²) in [6.45, 7) is 1.50. The highest BCUT2D eigenvalue weighted by atomic mass is 35.5. The van der Waals surface area contributed by atoms with E-state index in [0.717, 1.165) is 18.9 Å². The number of carbonyl (C=O) groups excluding carboxylic acids is 2. The molecule has 1 heterocycles. The summed E-state index contributed by atoms with van der Waals surface area (Å²) >= 11 is 6.05. The molecule has 0 bridgehead atoms. The Hall–Kier alpha value is -4.17. The van der Waals surface area contributed by atoms with Crippen molar-refractivity contribution in [1.82, 2.24) is 15.6 Å². The summed E-state index contributed by atoms with van der Waals surface area (Å²) in [6.07, 6.45) is 3.02. The molecule has 0 radical (unpaired) electrons. The first-order valence-corrected chi connectivity index (χ1v) is 11.2. The zero-order valence-electron chi connectivity index (χ0n) is 19.1. The third-order valence-corrected chi connectivity index (χ3v) is 5.67. The first-order chi connectivity index (χ1) is 17.2. The highest BCUT2D eigenvalue weighted by molar-refractivity contribution is 6.34. The molecule has 4 rings (SSSR count). The molecule has 9 nitrogen and oxygen atoms in total. The van der Waals surface area contributed by atoms with Crippen LogP contribution in [-0.4, -0.2) is 36.1 Å². The van der Waals surface area contributed by atoms with Crippen LogP contribution in [0.1, 0.15) is 30.1 Å². The molecule has 1 unspecified atom stereocenters. The Labute approximate surface area is 209 Å². The molecule has 2 aromatic carbocycles. The van der Waals surface area contributed by atoms with E-state index in [1.165, 1.54) is 38.4 Å². The lowest BCUT2D eigenvalue weighted by atomic mass is 10.1. The van der Waals surface area contributed by atoms with Crippen molar-refractivity contribution in [3.05, 3.63) is 52.7 Å². The van der Waals surface area contributed by atoms with Gasteiger partial charge in [-0.3, -0.25) is 9.78 Å². The van der Waals surface area contributed by atoms with Crippen molar-refractivity contribution in [3.63, 3.8) is 0 Å². The van der Waals surface area contributed by atoms with Crippen LogP contribution in [0.4, 0.5) is 19.3 Å². The molecule has 1 saturated carbocycles. The number of amides is 3. The number of anilines is 1. The maximum atomic E-state index is 15.0. The number of nitriles is 1. The Morgan fingerprint density at radius 2 is 2.00 bits per heavy atom. The zero-order chi connectivity index (χ0) is 26.0. The van der Waals surface area contributed by atoms with Crippen LogP contribution in [0, 0.1) is 23.0 Å². The lowest BCUT2D eigenvalue weighted by molar-refractivity contribution is 0.0945. The normalized spacial score (nSPS) is 13.4. The fourth-order valence-electron chi connectivity index (χ4n) is 3.33. The number of hydrogen-bond donors (Lipinski definition) is 3. The summed E-state index contributed by atoms with van der Waals surface area (Å²) in [4.78, 5) is 28.8. The minimum Gasteiger partial charge on any atom is -0.496 e. The SMILES string of the molecule is COc1cc2nccc(Oc3c(F)cc(NC(=O)NC4CC4)c(Cl)c3F)c2cc1C(=O)NC(C)C#N. The van der Waals surface area contributed by atoms with Gasteiger partial charge in [0.1, 0.15) is 22.6 Å². The lowest BCUT2D eigenvalue weighted by Gasteiger charge is -2.16. The molecular weight excluding hydrogens is 496 g/mol. The Balaban J connectivity index is 1.69.